The molecule has 0 saturated heterocycles. The van der Waals surface area contributed by atoms with Gasteiger partial charge in [-0.25, -0.2) is 0 Å². The molecule has 2 aromatic heterocycles. The van der Waals surface area contributed by atoms with Crippen molar-refractivity contribution in [3.05, 3.63) is 83.3 Å². The first kappa shape index (κ1) is 15.1. The highest BCUT2D eigenvalue weighted by Gasteiger charge is 2.14. The van der Waals surface area contributed by atoms with Gasteiger partial charge in [0, 0.05) is 17.1 Å². The Morgan fingerprint density at radius 2 is 1.68 bits per heavy atom. The second-order valence-electron chi connectivity index (χ2n) is 5.53. The molecule has 25 heavy (non-hydrogen) atoms. The van der Waals surface area contributed by atoms with E-state index in [1.165, 1.54) is 4.68 Å². The monoisotopic (exact) mass is 329 g/mol. The zero-order valence-corrected chi connectivity index (χ0v) is 13.6. The minimum Gasteiger partial charge on any atom is -0.497 e. The Balaban J connectivity index is 2.03. The molecule has 4 aromatic rings. The Hall–Kier alpha value is -3.47. The number of fused-ring (bicyclic) bond motifs is 1. The van der Waals surface area contributed by atoms with E-state index in [4.69, 9.17) is 4.74 Å². The van der Waals surface area contributed by atoms with Crippen LogP contribution in [0.1, 0.15) is 0 Å². The van der Waals surface area contributed by atoms with Gasteiger partial charge in [-0.05, 0) is 48.5 Å². The SMILES string of the molecule is COc1ccc(-c2nn(-c3ccccc3)c(=O)c3ncccc23)cc1. The summed E-state index contributed by atoms with van der Waals surface area (Å²) in [7, 11) is 1.63. The van der Waals surface area contributed by atoms with Gasteiger partial charge in [0.25, 0.3) is 5.56 Å². The van der Waals surface area contributed by atoms with Crippen molar-refractivity contribution < 1.29 is 4.74 Å². The third-order valence-electron chi connectivity index (χ3n) is 4.02. The minimum absolute atomic E-state index is 0.237. The molecule has 0 saturated carbocycles. The summed E-state index contributed by atoms with van der Waals surface area (Å²) in [6.45, 7) is 0. The first-order valence-electron chi connectivity index (χ1n) is 7.86. The standard InChI is InChI=1S/C20H15N3O2/c1-25-16-11-9-14(10-12-16)18-17-8-5-13-21-19(17)20(24)23(22-18)15-6-3-2-4-7-15/h2-13H,1H3. The summed E-state index contributed by atoms with van der Waals surface area (Å²) in [4.78, 5) is 17.1. The highest BCUT2D eigenvalue weighted by molar-refractivity contribution is 5.91. The van der Waals surface area contributed by atoms with E-state index in [0.717, 1.165) is 16.7 Å². The van der Waals surface area contributed by atoms with Crippen molar-refractivity contribution in [2.75, 3.05) is 7.11 Å². The number of para-hydroxylation sites is 1. The highest BCUT2D eigenvalue weighted by Crippen LogP contribution is 2.26. The fourth-order valence-corrected chi connectivity index (χ4v) is 2.77. The number of methoxy groups -OCH3 is 1. The van der Waals surface area contributed by atoms with Gasteiger partial charge in [-0.2, -0.15) is 9.78 Å². The maximum Gasteiger partial charge on any atom is 0.297 e. The van der Waals surface area contributed by atoms with E-state index in [0.29, 0.717) is 16.9 Å². The molecule has 0 aliphatic rings. The second kappa shape index (κ2) is 6.20. The van der Waals surface area contributed by atoms with Crippen LogP contribution in [0, 0.1) is 0 Å². The van der Waals surface area contributed by atoms with Crippen LogP contribution >= 0.6 is 0 Å². The lowest BCUT2D eigenvalue weighted by molar-refractivity contribution is 0.415. The maximum atomic E-state index is 12.8. The molecular weight excluding hydrogens is 314 g/mol. The first-order chi connectivity index (χ1) is 12.3. The third-order valence-corrected chi connectivity index (χ3v) is 4.02. The number of rotatable bonds is 3. The van der Waals surface area contributed by atoms with Crippen LogP contribution in [0.5, 0.6) is 5.75 Å². The number of hydrogen-bond acceptors (Lipinski definition) is 4. The lowest BCUT2D eigenvalue weighted by atomic mass is 10.1. The summed E-state index contributed by atoms with van der Waals surface area (Å²) < 4.78 is 6.61. The molecule has 0 atom stereocenters. The summed E-state index contributed by atoms with van der Waals surface area (Å²) in [6.07, 6.45) is 1.62. The molecule has 0 radical (unpaired) electrons. The number of ether oxygens (including phenoxy) is 1. The summed E-state index contributed by atoms with van der Waals surface area (Å²) in [6, 6.07) is 20.6. The smallest absolute Gasteiger partial charge is 0.297 e. The van der Waals surface area contributed by atoms with Gasteiger partial charge < -0.3 is 4.74 Å². The largest absolute Gasteiger partial charge is 0.497 e. The second-order valence-corrected chi connectivity index (χ2v) is 5.53. The van der Waals surface area contributed by atoms with Gasteiger partial charge in [0.15, 0.2) is 0 Å². The highest BCUT2D eigenvalue weighted by atomic mass is 16.5. The number of benzene rings is 2. The zero-order chi connectivity index (χ0) is 17.2. The molecule has 0 amide bonds. The fraction of sp³-hybridized carbons (Fsp3) is 0.0500. The lowest BCUT2D eigenvalue weighted by Gasteiger charge is -2.11. The number of nitrogens with zero attached hydrogens (tertiary/aromatic N) is 3. The van der Waals surface area contributed by atoms with Gasteiger partial charge in [0.05, 0.1) is 12.8 Å². The van der Waals surface area contributed by atoms with Gasteiger partial charge in [-0.15, -0.1) is 0 Å². The quantitative estimate of drug-likeness (QED) is 0.577. The zero-order valence-electron chi connectivity index (χ0n) is 13.6. The lowest BCUT2D eigenvalue weighted by Crippen LogP contribution is -2.22. The molecule has 0 aliphatic heterocycles. The molecule has 0 aliphatic carbocycles. The van der Waals surface area contributed by atoms with Gasteiger partial charge in [-0.3, -0.25) is 9.78 Å². The molecule has 5 nitrogen and oxygen atoms in total. The molecule has 0 N–H and O–H groups in total. The Labute approximate surface area is 144 Å². The van der Waals surface area contributed by atoms with Crippen LogP contribution < -0.4 is 10.3 Å². The minimum atomic E-state index is -0.237. The van der Waals surface area contributed by atoms with Crippen molar-refractivity contribution in [1.82, 2.24) is 14.8 Å². The predicted octanol–water partition coefficient (Wildman–Crippen LogP) is 3.46. The van der Waals surface area contributed by atoms with Crippen LogP contribution in [0.25, 0.3) is 27.8 Å². The van der Waals surface area contributed by atoms with E-state index < -0.39 is 0 Å². The molecule has 5 heteroatoms. The van der Waals surface area contributed by atoms with Gasteiger partial charge >= 0.3 is 0 Å². The van der Waals surface area contributed by atoms with Crippen LogP contribution in [0.4, 0.5) is 0 Å². The maximum absolute atomic E-state index is 12.8. The van der Waals surface area contributed by atoms with Crippen molar-refractivity contribution in [3.8, 4) is 22.7 Å². The number of hydrogen-bond donors (Lipinski definition) is 0. The molecule has 4 rings (SSSR count). The van der Waals surface area contributed by atoms with Crippen molar-refractivity contribution in [2.45, 2.75) is 0 Å². The van der Waals surface area contributed by atoms with Gasteiger partial charge in [0.1, 0.15) is 17.0 Å². The Morgan fingerprint density at radius 3 is 2.40 bits per heavy atom. The van der Waals surface area contributed by atoms with Crippen molar-refractivity contribution in [1.29, 1.82) is 0 Å². The van der Waals surface area contributed by atoms with Gasteiger partial charge in [-0.1, -0.05) is 18.2 Å². The summed E-state index contributed by atoms with van der Waals surface area (Å²) in [5, 5.41) is 5.35. The van der Waals surface area contributed by atoms with E-state index in [1.807, 2.05) is 66.7 Å². The molecule has 2 heterocycles. The van der Waals surface area contributed by atoms with Crippen LogP contribution in [0.3, 0.4) is 0 Å². The van der Waals surface area contributed by atoms with Crippen LogP contribution in [0.15, 0.2) is 77.7 Å². The van der Waals surface area contributed by atoms with E-state index in [2.05, 4.69) is 10.1 Å². The van der Waals surface area contributed by atoms with E-state index in [1.54, 1.807) is 13.3 Å². The Morgan fingerprint density at radius 1 is 0.920 bits per heavy atom. The number of pyridine rings is 1. The average molecular weight is 329 g/mol. The van der Waals surface area contributed by atoms with E-state index >= 15 is 0 Å². The summed E-state index contributed by atoms with van der Waals surface area (Å²) >= 11 is 0. The first-order valence-corrected chi connectivity index (χ1v) is 7.86. The molecular formula is C20H15N3O2. The normalized spacial score (nSPS) is 10.8. The molecule has 0 fully saturated rings. The van der Waals surface area contributed by atoms with Crippen LogP contribution in [-0.2, 0) is 0 Å². The number of aromatic nitrogens is 3. The Bertz CT molecular complexity index is 1090. The predicted molar refractivity (Wildman–Crippen MR) is 97.1 cm³/mol. The third kappa shape index (κ3) is 2.65. The van der Waals surface area contributed by atoms with Crippen molar-refractivity contribution in [3.63, 3.8) is 0 Å². The summed E-state index contributed by atoms with van der Waals surface area (Å²) in [5.41, 5.74) is 2.46. The Kier molecular flexibility index (Phi) is 3.74. The fourth-order valence-electron chi connectivity index (χ4n) is 2.77. The van der Waals surface area contributed by atoms with Crippen molar-refractivity contribution in [2.24, 2.45) is 0 Å². The molecule has 0 spiro atoms. The van der Waals surface area contributed by atoms with Crippen LogP contribution in [0.2, 0.25) is 0 Å². The average Bonchev–Trinajstić information content (AvgIpc) is 2.69. The molecule has 0 unspecified atom stereocenters. The van der Waals surface area contributed by atoms with E-state index in [-0.39, 0.29) is 5.56 Å². The topological polar surface area (TPSA) is 57.0 Å². The van der Waals surface area contributed by atoms with Crippen molar-refractivity contribution >= 4 is 10.9 Å². The summed E-state index contributed by atoms with van der Waals surface area (Å²) in [5.74, 6) is 0.766. The molecule has 2 aromatic carbocycles. The van der Waals surface area contributed by atoms with Crippen LogP contribution in [-0.4, -0.2) is 21.9 Å². The van der Waals surface area contributed by atoms with E-state index in [9.17, 15) is 4.79 Å². The molecule has 122 valence electrons. The van der Waals surface area contributed by atoms with Gasteiger partial charge in [0.2, 0.25) is 0 Å². The molecule has 0 bridgehead atoms.